The Bertz CT molecular complexity index is 1080. The van der Waals surface area contributed by atoms with Gasteiger partial charge in [0.2, 0.25) is 0 Å². The van der Waals surface area contributed by atoms with Gasteiger partial charge in [0.1, 0.15) is 15.8 Å². The van der Waals surface area contributed by atoms with Gasteiger partial charge in [-0.05, 0) is 56.0 Å². The smallest absolute Gasteiger partial charge is 0.407 e. The van der Waals surface area contributed by atoms with Crippen molar-refractivity contribution >= 4 is 23.1 Å². The van der Waals surface area contributed by atoms with Crippen molar-refractivity contribution in [1.29, 1.82) is 0 Å². The fraction of sp³-hybridized carbons (Fsp3) is 0.318. The minimum Gasteiger partial charge on any atom is -0.489 e. The Morgan fingerprint density at radius 3 is 2.77 bits per heavy atom. The molecule has 1 aromatic heterocycles. The van der Waals surface area contributed by atoms with Gasteiger partial charge >= 0.3 is 6.09 Å². The maximum Gasteiger partial charge on any atom is 0.407 e. The number of nitrogens with zero attached hydrogens (tertiary/aromatic N) is 2. The molecule has 156 valence electrons. The summed E-state index contributed by atoms with van der Waals surface area (Å²) in [7, 11) is 1.37. The van der Waals surface area contributed by atoms with Crippen LogP contribution in [0.4, 0.5) is 10.5 Å². The highest BCUT2D eigenvalue weighted by molar-refractivity contribution is 7.17. The number of anilines is 1. The highest BCUT2D eigenvalue weighted by atomic mass is 32.1. The first-order valence-electron chi connectivity index (χ1n) is 9.83. The Labute approximate surface area is 179 Å². The van der Waals surface area contributed by atoms with Crippen molar-refractivity contribution in [1.82, 2.24) is 15.5 Å². The molecule has 3 N–H and O–H groups in total. The Balaban J connectivity index is 1.61. The first-order valence-corrected chi connectivity index (χ1v) is 10.6. The van der Waals surface area contributed by atoms with Crippen LogP contribution in [-0.2, 0) is 11.2 Å². The summed E-state index contributed by atoms with van der Waals surface area (Å²) < 4.78 is 10.5. The van der Waals surface area contributed by atoms with Gasteiger partial charge in [-0.1, -0.05) is 29.5 Å². The number of ether oxygens (including phenoxy) is 2. The molecule has 1 atom stereocenters. The van der Waals surface area contributed by atoms with E-state index in [0.717, 1.165) is 39.5 Å². The second kappa shape index (κ2) is 8.31. The zero-order valence-electron chi connectivity index (χ0n) is 17.1. The van der Waals surface area contributed by atoms with Crippen LogP contribution in [0, 0.1) is 0 Å². The van der Waals surface area contributed by atoms with Gasteiger partial charge < -0.3 is 20.5 Å². The van der Waals surface area contributed by atoms with Crippen LogP contribution in [0.5, 0.6) is 5.75 Å². The van der Waals surface area contributed by atoms with Gasteiger partial charge in [-0.15, -0.1) is 10.2 Å². The number of nitrogens with two attached hydrogens (primary N) is 1. The van der Waals surface area contributed by atoms with Crippen LogP contribution in [0.25, 0.3) is 21.1 Å². The number of carbonyl (C=O) groups is 1. The average Bonchev–Trinajstić information content (AvgIpc) is 3.37. The minimum absolute atomic E-state index is 0.0481. The normalized spacial score (nSPS) is 15.1. The molecule has 8 heteroatoms. The molecule has 1 amide bonds. The van der Waals surface area contributed by atoms with Crippen LogP contribution in [0.1, 0.15) is 37.4 Å². The van der Waals surface area contributed by atoms with Crippen molar-refractivity contribution in [3.63, 3.8) is 0 Å². The summed E-state index contributed by atoms with van der Waals surface area (Å²) in [6, 6.07) is 11.7. The molecule has 30 heavy (non-hydrogen) atoms. The van der Waals surface area contributed by atoms with Crippen molar-refractivity contribution in [2.75, 3.05) is 12.8 Å². The highest BCUT2D eigenvalue weighted by Gasteiger charge is 2.27. The lowest BCUT2D eigenvalue weighted by Crippen LogP contribution is -2.26. The maximum absolute atomic E-state index is 11.6. The largest absolute Gasteiger partial charge is 0.489 e. The molecule has 4 rings (SSSR count). The lowest BCUT2D eigenvalue weighted by atomic mass is 10.0. The predicted molar refractivity (Wildman–Crippen MR) is 118 cm³/mol. The fourth-order valence-corrected chi connectivity index (χ4v) is 4.59. The summed E-state index contributed by atoms with van der Waals surface area (Å²) in [5.74, 6) is 0.670. The summed E-state index contributed by atoms with van der Waals surface area (Å²) in [5.41, 5.74) is 11.0. The minimum atomic E-state index is -0.418. The van der Waals surface area contributed by atoms with Gasteiger partial charge in [0.15, 0.2) is 0 Å². The van der Waals surface area contributed by atoms with Crippen LogP contribution < -0.4 is 15.8 Å². The summed E-state index contributed by atoms with van der Waals surface area (Å²) in [4.78, 5) is 11.6. The number of aromatic nitrogens is 2. The molecule has 7 nitrogen and oxygen atoms in total. The van der Waals surface area contributed by atoms with E-state index in [1.807, 2.05) is 44.2 Å². The average molecular weight is 425 g/mol. The Hall–Kier alpha value is -3.13. The summed E-state index contributed by atoms with van der Waals surface area (Å²) in [6.07, 6.45) is 1.34. The second-order valence-corrected chi connectivity index (χ2v) is 8.41. The quantitative estimate of drug-likeness (QED) is 0.582. The number of fused-ring (bicyclic) bond motifs is 1. The molecule has 0 unspecified atom stereocenters. The van der Waals surface area contributed by atoms with Crippen LogP contribution in [0.2, 0.25) is 0 Å². The molecule has 0 saturated carbocycles. The van der Waals surface area contributed by atoms with Crippen molar-refractivity contribution in [2.24, 2.45) is 0 Å². The monoisotopic (exact) mass is 424 g/mol. The molecule has 0 saturated heterocycles. The van der Waals surface area contributed by atoms with Crippen LogP contribution in [0.3, 0.4) is 0 Å². The molecule has 0 aliphatic heterocycles. The number of hydrogen-bond donors (Lipinski definition) is 2. The molecular weight excluding hydrogens is 400 g/mol. The maximum atomic E-state index is 11.6. The first kappa shape index (κ1) is 20.2. The number of amides is 1. The van der Waals surface area contributed by atoms with Gasteiger partial charge in [-0.3, -0.25) is 0 Å². The van der Waals surface area contributed by atoms with E-state index in [1.54, 1.807) is 0 Å². The van der Waals surface area contributed by atoms with Crippen molar-refractivity contribution < 1.29 is 14.3 Å². The molecule has 3 aromatic rings. The van der Waals surface area contributed by atoms with Crippen LogP contribution in [-0.4, -0.2) is 29.5 Å². The number of benzene rings is 2. The van der Waals surface area contributed by atoms with Crippen LogP contribution in [0.15, 0.2) is 36.4 Å². The van der Waals surface area contributed by atoms with E-state index in [1.165, 1.54) is 24.0 Å². The topological polar surface area (TPSA) is 99.4 Å². The molecule has 0 spiro atoms. The number of methoxy groups -OCH3 is 1. The van der Waals surface area contributed by atoms with E-state index in [0.29, 0.717) is 11.4 Å². The highest BCUT2D eigenvalue weighted by Crippen LogP contribution is 2.40. The van der Waals surface area contributed by atoms with Crippen molar-refractivity contribution in [3.05, 3.63) is 47.5 Å². The van der Waals surface area contributed by atoms with E-state index < -0.39 is 6.09 Å². The summed E-state index contributed by atoms with van der Waals surface area (Å²) in [6.45, 7) is 3.93. The third kappa shape index (κ3) is 3.95. The predicted octanol–water partition coefficient (Wildman–Crippen LogP) is 4.58. The zero-order valence-corrected chi connectivity index (χ0v) is 18.0. The molecule has 1 aliphatic rings. The Morgan fingerprint density at radius 2 is 2.03 bits per heavy atom. The molecule has 2 aromatic carbocycles. The molecule has 0 radical (unpaired) electrons. The SMILES string of the molecule is COC(=O)N[C@H]1CCc2c(-c3nnc(-c4ccc(OC(C)C)c(N)c4)s3)cccc21. The van der Waals surface area contributed by atoms with Gasteiger partial charge in [0, 0.05) is 11.1 Å². The number of alkyl carbamates (subject to hydrolysis) is 1. The second-order valence-electron chi connectivity index (χ2n) is 7.43. The van der Waals surface area contributed by atoms with Gasteiger partial charge in [0.05, 0.1) is 24.9 Å². The number of rotatable bonds is 5. The first-order chi connectivity index (χ1) is 14.5. The van der Waals surface area contributed by atoms with E-state index in [9.17, 15) is 4.79 Å². The third-order valence-corrected chi connectivity index (χ3v) is 6.03. The van der Waals surface area contributed by atoms with Crippen molar-refractivity contribution in [3.8, 4) is 26.9 Å². The molecule has 1 heterocycles. The van der Waals surface area contributed by atoms with E-state index in [-0.39, 0.29) is 12.1 Å². The van der Waals surface area contributed by atoms with E-state index in [2.05, 4.69) is 21.6 Å². The lowest BCUT2D eigenvalue weighted by Gasteiger charge is -2.13. The molecule has 1 aliphatic carbocycles. The molecule has 0 bridgehead atoms. The van der Waals surface area contributed by atoms with Crippen LogP contribution >= 0.6 is 11.3 Å². The summed E-state index contributed by atoms with van der Waals surface area (Å²) in [5, 5.41) is 13.4. The van der Waals surface area contributed by atoms with Gasteiger partial charge in [0.25, 0.3) is 0 Å². The third-order valence-electron chi connectivity index (χ3n) is 5.02. The number of nitrogens with one attached hydrogen (secondary N) is 1. The molecular formula is C22H24N4O3S. The standard InChI is InChI=1S/C22H24N4O3S/c1-12(2)29-19-10-7-13(11-17(19)23)20-25-26-21(30-20)16-6-4-5-15-14(16)8-9-18(15)24-22(27)28-3/h4-7,10-12,18H,8-9,23H2,1-3H3,(H,24,27)/t18-/m0/s1. The number of nitrogen functional groups attached to an aromatic ring is 1. The number of hydrogen-bond acceptors (Lipinski definition) is 7. The van der Waals surface area contributed by atoms with Crippen molar-refractivity contribution in [2.45, 2.75) is 38.8 Å². The zero-order chi connectivity index (χ0) is 21.3. The van der Waals surface area contributed by atoms with Gasteiger partial charge in [-0.2, -0.15) is 0 Å². The summed E-state index contributed by atoms with van der Waals surface area (Å²) >= 11 is 1.52. The fourth-order valence-electron chi connectivity index (χ4n) is 3.70. The van der Waals surface area contributed by atoms with E-state index in [4.69, 9.17) is 15.2 Å². The number of carbonyl (C=O) groups excluding carboxylic acids is 1. The Kier molecular flexibility index (Phi) is 5.59. The molecule has 0 fully saturated rings. The lowest BCUT2D eigenvalue weighted by molar-refractivity contribution is 0.166. The van der Waals surface area contributed by atoms with E-state index >= 15 is 0 Å². The van der Waals surface area contributed by atoms with Gasteiger partial charge in [-0.25, -0.2) is 4.79 Å². The Morgan fingerprint density at radius 1 is 1.23 bits per heavy atom.